The van der Waals surface area contributed by atoms with Crippen LogP contribution in [-0.2, 0) is 12.2 Å². The van der Waals surface area contributed by atoms with Gasteiger partial charge in [-0.15, -0.1) is 0 Å². The van der Waals surface area contributed by atoms with Gasteiger partial charge in [-0.05, 0) is 49.9 Å². The van der Waals surface area contributed by atoms with Gasteiger partial charge in [0, 0.05) is 22.9 Å². The van der Waals surface area contributed by atoms with E-state index in [-0.39, 0.29) is 0 Å². The van der Waals surface area contributed by atoms with Gasteiger partial charge in [-0.3, -0.25) is 0 Å². The lowest BCUT2D eigenvalue weighted by molar-refractivity contribution is -0.0738. The lowest BCUT2D eigenvalue weighted by atomic mass is 9.63. The Bertz CT molecular complexity index is 1390. The van der Waals surface area contributed by atoms with Gasteiger partial charge in [0.15, 0.2) is 0 Å². The smallest absolute Gasteiger partial charge is 0.137 e. The predicted molar refractivity (Wildman–Crippen MR) is 141 cm³/mol. The second-order valence-electron chi connectivity index (χ2n) is 10.2. The standard InChI is InChI=1S/C30H30N4O/c1-21-28(23-9-5-3-6-10-23)34-20-33(25-11-7-4-8-12-25)26(17-27(34)32-21)22-13-15-24(16-14-22)30(31)18-29(2,35)19-30/h3-17,35H,18-20,31H2,1-2H3. The van der Waals surface area contributed by atoms with E-state index in [2.05, 4.69) is 95.3 Å². The van der Waals surface area contributed by atoms with E-state index in [1.165, 1.54) is 5.56 Å². The molecule has 3 aromatic carbocycles. The summed E-state index contributed by atoms with van der Waals surface area (Å²) in [6.07, 6.45) is 3.34. The molecular formula is C30H30N4O. The summed E-state index contributed by atoms with van der Waals surface area (Å²) < 4.78 is 2.29. The van der Waals surface area contributed by atoms with Crippen LogP contribution >= 0.6 is 0 Å². The van der Waals surface area contributed by atoms with E-state index >= 15 is 0 Å². The van der Waals surface area contributed by atoms with Gasteiger partial charge in [-0.2, -0.15) is 0 Å². The lowest BCUT2D eigenvalue weighted by Crippen LogP contribution is -2.58. The fourth-order valence-corrected chi connectivity index (χ4v) is 5.78. The van der Waals surface area contributed by atoms with E-state index < -0.39 is 11.1 Å². The molecule has 35 heavy (non-hydrogen) atoms. The number of nitrogens with zero attached hydrogens (tertiary/aromatic N) is 3. The Balaban J connectivity index is 1.43. The average Bonchev–Trinajstić information content (AvgIpc) is 3.18. The van der Waals surface area contributed by atoms with Crippen LogP contribution in [0.4, 0.5) is 5.69 Å². The average molecular weight is 463 g/mol. The summed E-state index contributed by atoms with van der Waals surface area (Å²) in [5.74, 6) is 0.956. The molecule has 1 aliphatic carbocycles. The lowest BCUT2D eigenvalue weighted by Gasteiger charge is -2.49. The maximum Gasteiger partial charge on any atom is 0.137 e. The highest BCUT2D eigenvalue weighted by atomic mass is 16.3. The van der Waals surface area contributed by atoms with Crippen molar-refractivity contribution in [3.05, 3.63) is 108 Å². The van der Waals surface area contributed by atoms with E-state index in [1.54, 1.807) is 0 Å². The van der Waals surface area contributed by atoms with Crippen LogP contribution in [0.15, 0.2) is 84.9 Å². The quantitative estimate of drug-likeness (QED) is 0.418. The van der Waals surface area contributed by atoms with Crippen molar-refractivity contribution < 1.29 is 5.11 Å². The Labute approximate surface area is 206 Å². The molecule has 5 heteroatoms. The van der Waals surface area contributed by atoms with Crippen molar-refractivity contribution in [3.8, 4) is 11.3 Å². The van der Waals surface area contributed by atoms with Crippen molar-refractivity contribution in [1.82, 2.24) is 9.55 Å². The molecule has 0 amide bonds. The molecule has 3 N–H and O–H groups in total. The molecule has 0 radical (unpaired) electrons. The number of benzene rings is 3. The van der Waals surface area contributed by atoms with E-state index in [1.807, 2.05) is 19.1 Å². The topological polar surface area (TPSA) is 67.3 Å². The van der Waals surface area contributed by atoms with Gasteiger partial charge in [0.25, 0.3) is 0 Å². The highest BCUT2D eigenvalue weighted by molar-refractivity contribution is 5.91. The van der Waals surface area contributed by atoms with Crippen LogP contribution in [0.2, 0.25) is 0 Å². The minimum atomic E-state index is -0.672. The summed E-state index contributed by atoms with van der Waals surface area (Å²) in [6, 6.07) is 29.4. The van der Waals surface area contributed by atoms with E-state index in [4.69, 9.17) is 10.7 Å². The number of imidazole rings is 1. The summed E-state index contributed by atoms with van der Waals surface area (Å²) in [6.45, 7) is 4.60. The van der Waals surface area contributed by atoms with Crippen molar-refractivity contribution in [1.29, 1.82) is 0 Å². The maximum absolute atomic E-state index is 10.2. The normalized spacial score (nSPS) is 23.4. The molecule has 1 saturated carbocycles. The Morgan fingerprint density at radius 3 is 2.11 bits per heavy atom. The van der Waals surface area contributed by atoms with Crippen LogP contribution in [0.1, 0.15) is 42.4 Å². The van der Waals surface area contributed by atoms with Gasteiger partial charge in [0.1, 0.15) is 12.5 Å². The van der Waals surface area contributed by atoms with Crippen molar-refractivity contribution in [2.75, 3.05) is 4.90 Å². The number of rotatable bonds is 4. The molecule has 0 saturated heterocycles. The molecule has 0 spiro atoms. The minimum Gasteiger partial charge on any atom is -0.390 e. The molecule has 1 aliphatic heterocycles. The number of hydrogen-bond donors (Lipinski definition) is 2. The number of aryl methyl sites for hydroxylation is 1. The van der Waals surface area contributed by atoms with E-state index in [0.717, 1.165) is 39.7 Å². The van der Waals surface area contributed by atoms with Crippen LogP contribution in [-0.4, -0.2) is 20.3 Å². The third-order valence-corrected chi connectivity index (χ3v) is 7.27. The van der Waals surface area contributed by atoms with Gasteiger partial charge >= 0.3 is 0 Å². The second kappa shape index (κ2) is 7.94. The maximum atomic E-state index is 10.2. The van der Waals surface area contributed by atoms with Crippen LogP contribution in [0, 0.1) is 6.92 Å². The van der Waals surface area contributed by atoms with Crippen molar-refractivity contribution >= 4 is 17.5 Å². The third-order valence-electron chi connectivity index (χ3n) is 7.27. The minimum absolute atomic E-state index is 0.458. The van der Waals surface area contributed by atoms with Crippen molar-refractivity contribution in [2.45, 2.75) is 44.5 Å². The van der Waals surface area contributed by atoms with Crippen LogP contribution < -0.4 is 10.6 Å². The van der Waals surface area contributed by atoms with Gasteiger partial charge in [-0.1, -0.05) is 72.8 Å². The number of hydrogen-bond acceptors (Lipinski definition) is 4. The van der Waals surface area contributed by atoms with Crippen LogP contribution in [0.25, 0.3) is 23.0 Å². The van der Waals surface area contributed by atoms with E-state index in [9.17, 15) is 5.11 Å². The molecule has 0 bridgehead atoms. The Hall–Kier alpha value is -3.67. The summed E-state index contributed by atoms with van der Waals surface area (Å²) in [4.78, 5) is 7.27. The van der Waals surface area contributed by atoms with E-state index in [0.29, 0.717) is 19.5 Å². The fourth-order valence-electron chi connectivity index (χ4n) is 5.78. The number of aliphatic hydroxyl groups is 1. The van der Waals surface area contributed by atoms with Crippen molar-refractivity contribution in [2.24, 2.45) is 5.73 Å². The predicted octanol–water partition coefficient (Wildman–Crippen LogP) is 5.53. The van der Waals surface area contributed by atoms with Gasteiger partial charge in [0.05, 0.1) is 22.7 Å². The van der Waals surface area contributed by atoms with Gasteiger partial charge < -0.3 is 20.3 Å². The number of aromatic nitrogens is 2. The van der Waals surface area contributed by atoms with Gasteiger partial charge in [0.2, 0.25) is 0 Å². The Morgan fingerprint density at radius 2 is 1.49 bits per heavy atom. The number of para-hydroxylation sites is 1. The molecule has 4 aromatic rings. The first-order valence-electron chi connectivity index (χ1n) is 12.1. The largest absolute Gasteiger partial charge is 0.390 e. The number of fused-ring (bicyclic) bond motifs is 1. The molecule has 176 valence electrons. The molecule has 1 fully saturated rings. The summed E-state index contributed by atoms with van der Waals surface area (Å²) in [5, 5.41) is 10.2. The molecule has 6 rings (SSSR count). The fraction of sp³-hybridized carbons (Fsp3) is 0.233. The van der Waals surface area contributed by atoms with Crippen molar-refractivity contribution in [3.63, 3.8) is 0 Å². The summed E-state index contributed by atoms with van der Waals surface area (Å²) in [7, 11) is 0. The SMILES string of the molecule is Cc1nc2n(c1-c1ccccc1)CN(c1ccccc1)C(c1ccc(C3(N)CC(C)(O)C3)cc1)=C2. The highest BCUT2D eigenvalue weighted by Crippen LogP contribution is 2.46. The summed E-state index contributed by atoms with van der Waals surface area (Å²) in [5.41, 5.74) is 13.2. The zero-order valence-electron chi connectivity index (χ0n) is 20.1. The second-order valence-corrected chi connectivity index (χ2v) is 10.2. The Kier molecular flexibility index (Phi) is 4.95. The molecule has 2 heterocycles. The first-order valence-corrected chi connectivity index (χ1v) is 12.1. The first-order chi connectivity index (χ1) is 16.8. The van der Waals surface area contributed by atoms with Crippen LogP contribution in [0.3, 0.4) is 0 Å². The summed E-state index contributed by atoms with van der Waals surface area (Å²) >= 11 is 0. The molecule has 2 aliphatic rings. The zero-order valence-corrected chi connectivity index (χ0v) is 20.1. The zero-order chi connectivity index (χ0) is 24.2. The number of nitrogens with two attached hydrogens (primary N) is 1. The first kappa shape index (κ1) is 21.8. The molecule has 0 atom stereocenters. The number of anilines is 1. The highest BCUT2D eigenvalue weighted by Gasteiger charge is 2.49. The Morgan fingerprint density at radius 1 is 0.857 bits per heavy atom. The molecule has 0 unspecified atom stereocenters. The molecular weight excluding hydrogens is 432 g/mol. The van der Waals surface area contributed by atoms with Gasteiger partial charge in [-0.25, -0.2) is 4.98 Å². The monoisotopic (exact) mass is 462 g/mol. The van der Waals surface area contributed by atoms with Crippen LogP contribution in [0.5, 0.6) is 0 Å². The third kappa shape index (κ3) is 3.77. The molecule has 1 aromatic heterocycles. The molecule has 5 nitrogen and oxygen atoms in total.